The number of fused-ring (bicyclic) bond motifs is 1. The maximum Gasteiger partial charge on any atom is 0.144 e. The lowest BCUT2D eigenvalue weighted by molar-refractivity contribution is -0.127. The molecule has 1 aliphatic carbocycles. The summed E-state index contributed by atoms with van der Waals surface area (Å²) in [5.41, 5.74) is 1.91. The third kappa shape index (κ3) is 2.07. The van der Waals surface area contributed by atoms with Crippen LogP contribution in [0.25, 0.3) is 10.9 Å². The average Bonchev–Trinajstić information content (AvgIpc) is 2.97. The molecule has 1 aliphatic rings. The smallest absolute Gasteiger partial charge is 0.144 e. The molecular formula is C16H20N2O. The van der Waals surface area contributed by atoms with Crippen molar-refractivity contribution in [2.24, 2.45) is 12.5 Å². The molecule has 3 heteroatoms. The Morgan fingerprint density at radius 3 is 2.74 bits per heavy atom. The predicted octanol–water partition coefficient (Wildman–Crippen LogP) is 3.27. The molecule has 19 heavy (non-hydrogen) atoms. The highest BCUT2D eigenvalue weighted by Crippen LogP contribution is 2.39. The number of ketones is 1. The number of Topliss-reactive ketones (excluding diaryl/α,β-unsaturated/α-hetero) is 1. The van der Waals surface area contributed by atoms with Gasteiger partial charge in [-0.2, -0.15) is 5.10 Å². The first kappa shape index (κ1) is 12.4. The number of carbonyl (C=O) groups excluding carboxylic acids is 1. The molecule has 0 radical (unpaired) electrons. The number of hydrogen-bond acceptors (Lipinski definition) is 2. The SMILES string of the molecule is Cn1nc(CC(=O)C2(C)CCCC2)c2ccccc21. The van der Waals surface area contributed by atoms with Gasteiger partial charge in [0.2, 0.25) is 0 Å². The lowest BCUT2D eigenvalue weighted by Gasteiger charge is -2.20. The Morgan fingerprint density at radius 2 is 2.00 bits per heavy atom. The highest BCUT2D eigenvalue weighted by Gasteiger charge is 2.36. The summed E-state index contributed by atoms with van der Waals surface area (Å²) in [6.07, 6.45) is 4.92. The molecule has 0 aliphatic heterocycles. The summed E-state index contributed by atoms with van der Waals surface area (Å²) in [6.45, 7) is 2.12. The number of aryl methyl sites for hydroxylation is 1. The second-order valence-corrected chi connectivity index (χ2v) is 5.96. The number of nitrogens with zero attached hydrogens (tertiary/aromatic N) is 2. The molecule has 0 atom stereocenters. The van der Waals surface area contributed by atoms with Crippen LogP contribution in [0.15, 0.2) is 24.3 Å². The topological polar surface area (TPSA) is 34.9 Å². The zero-order chi connectivity index (χ0) is 13.5. The molecular weight excluding hydrogens is 236 g/mol. The van der Waals surface area contributed by atoms with E-state index >= 15 is 0 Å². The minimum Gasteiger partial charge on any atom is -0.299 e. The normalized spacial score (nSPS) is 18.0. The van der Waals surface area contributed by atoms with E-state index in [1.54, 1.807) is 0 Å². The fourth-order valence-electron chi connectivity index (χ4n) is 3.22. The molecule has 0 unspecified atom stereocenters. The highest BCUT2D eigenvalue weighted by molar-refractivity contribution is 5.91. The van der Waals surface area contributed by atoms with Crippen molar-refractivity contribution in [2.45, 2.75) is 39.0 Å². The Bertz CT molecular complexity index is 621. The van der Waals surface area contributed by atoms with Crippen LogP contribution in [-0.2, 0) is 18.3 Å². The second kappa shape index (κ2) is 4.48. The number of carbonyl (C=O) groups is 1. The third-order valence-electron chi connectivity index (χ3n) is 4.54. The Kier molecular flexibility index (Phi) is 2.92. The molecule has 0 amide bonds. The number of rotatable bonds is 3. The Labute approximate surface area is 113 Å². The van der Waals surface area contributed by atoms with Crippen molar-refractivity contribution in [1.82, 2.24) is 9.78 Å². The third-order valence-corrected chi connectivity index (χ3v) is 4.54. The quantitative estimate of drug-likeness (QED) is 0.844. The van der Waals surface area contributed by atoms with E-state index in [4.69, 9.17) is 0 Å². The first-order chi connectivity index (χ1) is 9.10. The van der Waals surface area contributed by atoms with Crippen molar-refractivity contribution in [2.75, 3.05) is 0 Å². The van der Waals surface area contributed by atoms with E-state index in [1.807, 2.05) is 29.9 Å². The van der Waals surface area contributed by atoms with Crippen molar-refractivity contribution < 1.29 is 4.79 Å². The Morgan fingerprint density at radius 1 is 1.32 bits per heavy atom. The van der Waals surface area contributed by atoms with E-state index in [0.29, 0.717) is 12.2 Å². The van der Waals surface area contributed by atoms with Crippen molar-refractivity contribution in [3.8, 4) is 0 Å². The summed E-state index contributed by atoms with van der Waals surface area (Å²) in [4.78, 5) is 12.5. The van der Waals surface area contributed by atoms with Crippen molar-refractivity contribution in [3.63, 3.8) is 0 Å². The molecule has 3 nitrogen and oxygen atoms in total. The van der Waals surface area contributed by atoms with Crippen LogP contribution in [0.2, 0.25) is 0 Å². The molecule has 0 saturated heterocycles. The van der Waals surface area contributed by atoms with Gasteiger partial charge in [-0.1, -0.05) is 38.0 Å². The molecule has 0 bridgehead atoms. The first-order valence-electron chi connectivity index (χ1n) is 7.04. The number of para-hydroxylation sites is 1. The van der Waals surface area contributed by atoms with Crippen molar-refractivity contribution in [3.05, 3.63) is 30.0 Å². The van der Waals surface area contributed by atoms with Gasteiger partial charge in [0, 0.05) is 17.8 Å². The summed E-state index contributed by atoms with van der Waals surface area (Å²) >= 11 is 0. The van der Waals surface area contributed by atoms with Gasteiger partial charge in [-0.05, 0) is 18.9 Å². The van der Waals surface area contributed by atoms with E-state index in [1.165, 1.54) is 12.8 Å². The van der Waals surface area contributed by atoms with Gasteiger partial charge in [0.15, 0.2) is 0 Å². The van der Waals surface area contributed by atoms with Gasteiger partial charge in [0.1, 0.15) is 5.78 Å². The highest BCUT2D eigenvalue weighted by atomic mass is 16.1. The number of benzene rings is 1. The minimum atomic E-state index is -0.112. The summed E-state index contributed by atoms with van der Waals surface area (Å²) < 4.78 is 1.87. The van der Waals surface area contributed by atoms with E-state index in [2.05, 4.69) is 18.1 Å². The van der Waals surface area contributed by atoms with Crippen LogP contribution in [0.4, 0.5) is 0 Å². The lowest BCUT2D eigenvalue weighted by Crippen LogP contribution is -2.26. The average molecular weight is 256 g/mol. The van der Waals surface area contributed by atoms with Crippen LogP contribution < -0.4 is 0 Å². The van der Waals surface area contributed by atoms with Crippen molar-refractivity contribution in [1.29, 1.82) is 0 Å². The molecule has 100 valence electrons. The molecule has 0 N–H and O–H groups in total. The van der Waals surface area contributed by atoms with Crippen LogP contribution >= 0.6 is 0 Å². The van der Waals surface area contributed by atoms with E-state index in [-0.39, 0.29) is 5.41 Å². The van der Waals surface area contributed by atoms with Gasteiger partial charge in [-0.15, -0.1) is 0 Å². The largest absolute Gasteiger partial charge is 0.299 e. The van der Waals surface area contributed by atoms with Crippen LogP contribution in [0, 0.1) is 5.41 Å². The van der Waals surface area contributed by atoms with E-state index < -0.39 is 0 Å². The van der Waals surface area contributed by atoms with Gasteiger partial charge >= 0.3 is 0 Å². The molecule has 2 aromatic rings. The predicted molar refractivity (Wildman–Crippen MR) is 76.0 cm³/mol. The number of hydrogen-bond donors (Lipinski definition) is 0. The van der Waals surface area contributed by atoms with Gasteiger partial charge in [-0.3, -0.25) is 9.48 Å². The van der Waals surface area contributed by atoms with E-state index in [0.717, 1.165) is 29.4 Å². The zero-order valence-electron chi connectivity index (χ0n) is 11.6. The standard InChI is InChI=1S/C16H20N2O/c1-16(9-5-6-10-16)15(19)11-13-12-7-3-4-8-14(12)18(2)17-13/h3-4,7-8H,5-6,9-11H2,1-2H3. The molecule has 1 aromatic heterocycles. The molecule has 1 aromatic carbocycles. The Hall–Kier alpha value is -1.64. The van der Waals surface area contributed by atoms with Crippen LogP contribution in [-0.4, -0.2) is 15.6 Å². The van der Waals surface area contributed by atoms with Gasteiger partial charge in [0.05, 0.1) is 17.6 Å². The maximum atomic E-state index is 12.5. The summed E-state index contributed by atoms with van der Waals surface area (Å²) in [5, 5.41) is 5.64. The van der Waals surface area contributed by atoms with Gasteiger partial charge in [-0.25, -0.2) is 0 Å². The van der Waals surface area contributed by atoms with Crippen LogP contribution in [0.5, 0.6) is 0 Å². The second-order valence-electron chi connectivity index (χ2n) is 5.96. The van der Waals surface area contributed by atoms with Crippen LogP contribution in [0.1, 0.15) is 38.3 Å². The monoisotopic (exact) mass is 256 g/mol. The fraction of sp³-hybridized carbons (Fsp3) is 0.500. The number of aromatic nitrogens is 2. The lowest BCUT2D eigenvalue weighted by atomic mass is 9.82. The van der Waals surface area contributed by atoms with Crippen molar-refractivity contribution >= 4 is 16.7 Å². The molecule has 3 rings (SSSR count). The minimum absolute atomic E-state index is 0.112. The Balaban J connectivity index is 1.91. The van der Waals surface area contributed by atoms with Gasteiger partial charge < -0.3 is 0 Å². The summed E-state index contributed by atoms with van der Waals surface area (Å²) in [6, 6.07) is 8.12. The zero-order valence-corrected chi connectivity index (χ0v) is 11.6. The summed E-state index contributed by atoms with van der Waals surface area (Å²) in [7, 11) is 1.94. The first-order valence-corrected chi connectivity index (χ1v) is 7.04. The molecule has 1 heterocycles. The molecule has 1 fully saturated rings. The molecule has 1 saturated carbocycles. The fourth-order valence-corrected chi connectivity index (χ4v) is 3.22. The maximum absolute atomic E-state index is 12.5. The molecule has 0 spiro atoms. The van der Waals surface area contributed by atoms with Gasteiger partial charge in [0.25, 0.3) is 0 Å². The van der Waals surface area contributed by atoms with Crippen LogP contribution in [0.3, 0.4) is 0 Å². The summed E-state index contributed by atoms with van der Waals surface area (Å²) in [5.74, 6) is 0.355. The van der Waals surface area contributed by atoms with E-state index in [9.17, 15) is 4.79 Å².